The lowest BCUT2D eigenvalue weighted by Crippen LogP contribution is -1.99. The Bertz CT molecular complexity index is 294. The van der Waals surface area contributed by atoms with Crippen molar-refractivity contribution in [2.45, 2.75) is 4.90 Å². The van der Waals surface area contributed by atoms with E-state index in [1.807, 2.05) is 14.1 Å². The highest BCUT2D eigenvalue weighted by atomic mass is 79.9. The van der Waals surface area contributed by atoms with Crippen molar-refractivity contribution < 1.29 is 8.78 Å². The molecule has 0 aliphatic heterocycles. The zero-order valence-corrected chi connectivity index (χ0v) is 9.55. The molecule has 0 spiro atoms. The fourth-order valence-corrected chi connectivity index (χ4v) is 1.76. The summed E-state index contributed by atoms with van der Waals surface area (Å²) in [4.78, 5) is 0.545. The molecule has 5 heteroatoms. The van der Waals surface area contributed by atoms with Crippen LogP contribution in [0.3, 0.4) is 0 Å². The SMILES string of the molecule is CN(C)Sc1cc(F)c(Br)c(F)c1. The molecule has 72 valence electrons. The van der Waals surface area contributed by atoms with E-state index in [4.69, 9.17) is 0 Å². The second-order valence-electron chi connectivity index (χ2n) is 2.60. The first-order chi connectivity index (χ1) is 6.00. The average Bonchev–Trinajstić information content (AvgIpc) is 1.98. The first kappa shape index (κ1) is 10.9. The van der Waals surface area contributed by atoms with Crippen LogP contribution in [0.25, 0.3) is 0 Å². The van der Waals surface area contributed by atoms with E-state index in [9.17, 15) is 8.78 Å². The number of hydrogen-bond acceptors (Lipinski definition) is 2. The Morgan fingerprint density at radius 3 is 2.08 bits per heavy atom. The van der Waals surface area contributed by atoms with Crippen LogP contribution in [0.4, 0.5) is 8.78 Å². The Kier molecular flexibility index (Phi) is 3.70. The lowest BCUT2D eigenvalue weighted by molar-refractivity contribution is 0.565. The van der Waals surface area contributed by atoms with Gasteiger partial charge in [0.1, 0.15) is 11.6 Å². The minimum absolute atomic E-state index is 0.115. The number of rotatable bonds is 2. The van der Waals surface area contributed by atoms with Crippen LogP contribution in [0.15, 0.2) is 21.5 Å². The molecule has 1 aromatic carbocycles. The van der Waals surface area contributed by atoms with E-state index in [-0.39, 0.29) is 4.47 Å². The van der Waals surface area contributed by atoms with Gasteiger partial charge >= 0.3 is 0 Å². The summed E-state index contributed by atoms with van der Waals surface area (Å²) in [6.45, 7) is 0. The molecule has 0 saturated heterocycles. The molecular weight excluding hydrogens is 260 g/mol. The summed E-state index contributed by atoms with van der Waals surface area (Å²) in [5.74, 6) is -1.16. The number of hydrogen-bond donors (Lipinski definition) is 0. The van der Waals surface area contributed by atoms with Crippen molar-refractivity contribution in [3.8, 4) is 0 Å². The van der Waals surface area contributed by atoms with Crippen LogP contribution in [-0.2, 0) is 0 Å². The van der Waals surface area contributed by atoms with Gasteiger partial charge < -0.3 is 0 Å². The number of benzene rings is 1. The number of halogens is 3. The van der Waals surface area contributed by atoms with Crippen LogP contribution in [-0.4, -0.2) is 18.4 Å². The van der Waals surface area contributed by atoms with Gasteiger partial charge in [0.25, 0.3) is 0 Å². The van der Waals surface area contributed by atoms with Gasteiger partial charge in [-0.2, -0.15) is 0 Å². The zero-order valence-electron chi connectivity index (χ0n) is 7.14. The molecular formula is C8H8BrF2NS. The third-order valence-corrected chi connectivity index (χ3v) is 2.81. The minimum atomic E-state index is -0.579. The van der Waals surface area contributed by atoms with Crippen LogP contribution >= 0.6 is 27.9 Å². The van der Waals surface area contributed by atoms with Gasteiger partial charge in [-0.25, -0.2) is 8.78 Å². The largest absolute Gasteiger partial charge is 0.253 e. The Morgan fingerprint density at radius 2 is 1.69 bits per heavy atom. The summed E-state index contributed by atoms with van der Waals surface area (Å²) in [6, 6.07) is 2.58. The van der Waals surface area contributed by atoms with Gasteiger partial charge in [-0.3, -0.25) is 4.31 Å². The Morgan fingerprint density at radius 1 is 1.23 bits per heavy atom. The fourth-order valence-electron chi connectivity index (χ4n) is 0.796. The van der Waals surface area contributed by atoms with Crippen molar-refractivity contribution in [3.63, 3.8) is 0 Å². The molecule has 0 aromatic heterocycles. The molecule has 0 aliphatic carbocycles. The van der Waals surface area contributed by atoms with E-state index in [0.29, 0.717) is 4.90 Å². The molecule has 0 heterocycles. The van der Waals surface area contributed by atoms with Crippen molar-refractivity contribution in [1.82, 2.24) is 4.31 Å². The van der Waals surface area contributed by atoms with Crippen molar-refractivity contribution in [2.75, 3.05) is 14.1 Å². The van der Waals surface area contributed by atoms with Crippen LogP contribution < -0.4 is 0 Å². The van der Waals surface area contributed by atoms with E-state index in [1.165, 1.54) is 24.1 Å². The Hall–Kier alpha value is -0.130. The van der Waals surface area contributed by atoms with Crippen molar-refractivity contribution in [3.05, 3.63) is 28.2 Å². The minimum Gasteiger partial charge on any atom is -0.253 e. The van der Waals surface area contributed by atoms with Gasteiger partial charge in [0.15, 0.2) is 0 Å². The van der Waals surface area contributed by atoms with Gasteiger partial charge in [0.2, 0.25) is 0 Å². The normalized spacial score (nSPS) is 10.9. The third kappa shape index (κ3) is 2.93. The van der Waals surface area contributed by atoms with Crippen molar-refractivity contribution in [1.29, 1.82) is 0 Å². The molecule has 1 rings (SSSR count). The predicted octanol–water partition coefficient (Wildman–Crippen LogP) is 3.30. The Balaban J connectivity index is 2.99. The molecule has 0 saturated carbocycles. The summed E-state index contributed by atoms with van der Waals surface area (Å²) >= 11 is 4.07. The van der Waals surface area contributed by atoms with Crippen molar-refractivity contribution in [2.24, 2.45) is 0 Å². The van der Waals surface area contributed by atoms with E-state index >= 15 is 0 Å². The molecule has 0 radical (unpaired) electrons. The molecule has 1 nitrogen and oxygen atoms in total. The van der Waals surface area contributed by atoms with Crippen LogP contribution in [0.1, 0.15) is 0 Å². The maximum Gasteiger partial charge on any atom is 0.141 e. The van der Waals surface area contributed by atoms with Crippen molar-refractivity contribution >= 4 is 27.9 Å². The van der Waals surface area contributed by atoms with Gasteiger partial charge in [-0.1, -0.05) is 0 Å². The first-order valence-electron chi connectivity index (χ1n) is 3.50. The maximum absolute atomic E-state index is 13.0. The second kappa shape index (κ2) is 4.39. The van der Waals surface area contributed by atoms with E-state index in [1.54, 1.807) is 4.31 Å². The fraction of sp³-hybridized carbons (Fsp3) is 0.250. The molecule has 0 amide bonds. The summed E-state index contributed by atoms with van der Waals surface area (Å²) in [5, 5.41) is 0. The van der Waals surface area contributed by atoms with E-state index in [0.717, 1.165) is 0 Å². The Labute approximate surface area is 88.4 Å². The number of nitrogens with zero attached hydrogens (tertiary/aromatic N) is 1. The monoisotopic (exact) mass is 267 g/mol. The summed E-state index contributed by atoms with van der Waals surface area (Å²) < 4.78 is 27.6. The summed E-state index contributed by atoms with van der Waals surface area (Å²) in [6.07, 6.45) is 0. The quantitative estimate of drug-likeness (QED) is 0.598. The zero-order chi connectivity index (χ0) is 10.0. The smallest absolute Gasteiger partial charge is 0.141 e. The lowest BCUT2D eigenvalue weighted by atomic mass is 10.3. The molecule has 0 N–H and O–H groups in total. The highest BCUT2D eigenvalue weighted by molar-refractivity contribution is 9.10. The predicted molar refractivity (Wildman–Crippen MR) is 53.6 cm³/mol. The maximum atomic E-state index is 13.0. The second-order valence-corrected chi connectivity index (χ2v) is 4.78. The first-order valence-corrected chi connectivity index (χ1v) is 5.07. The molecule has 0 unspecified atom stereocenters. The molecule has 0 fully saturated rings. The average molecular weight is 268 g/mol. The van der Waals surface area contributed by atoms with E-state index < -0.39 is 11.6 Å². The van der Waals surface area contributed by atoms with Gasteiger partial charge in [-0.15, -0.1) is 0 Å². The topological polar surface area (TPSA) is 3.24 Å². The van der Waals surface area contributed by atoms with E-state index in [2.05, 4.69) is 15.9 Å². The van der Waals surface area contributed by atoms with Crippen LogP contribution in [0, 0.1) is 11.6 Å². The third-order valence-electron chi connectivity index (χ3n) is 1.25. The molecule has 0 atom stereocenters. The molecule has 1 aromatic rings. The summed E-state index contributed by atoms with van der Waals surface area (Å²) in [5.41, 5.74) is 0. The molecule has 0 bridgehead atoms. The molecule has 0 aliphatic rings. The highest BCUT2D eigenvalue weighted by Gasteiger charge is 2.08. The van der Waals surface area contributed by atoms with Gasteiger partial charge in [-0.05, 0) is 54.1 Å². The summed E-state index contributed by atoms with van der Waals surface area (Å²) in [7, 11) is 3.62. The van der Waals surface area contributed by atoms with Gasteiger partial charge in [0.05, 0.1) is 4.47 Å². The molecule has 13 heavy (non-hydrogen) atoms. The highest BCUT2D eigenvalue weighted by Crippen LogP contribution is 2.27. The standard InChI is InChI=1S/C8H8BrF2NS/c1-12(2)13-5-3-6(10)8(9)7(11)4-5/h3-4H,1-2H3. The van der Waals surface area contributed by atoms with Gasteiger partial charge in [0, 0.05) is 4.90 Å². The lowest BCUT2D eigenvalue weighted by Gasteiger charge is -2.08. The van der Waals surface area contributed by atoms with Crippen LogP contribution in [0.2, 0.25) is 0 Å². The van der Waals surface area contributed by atoms with Crippen LogP contribution in [0.5, 0.6) is 0 Å².